The van der Waals surface area contributed by atoms with E-state index in [1.54, 1.807) is 10.4 Å². The highest BCUT2D eigenvalue weighted by Crippen LogP contribution is 2.57. The molecule has 0 amide bonds. The molecule has 3 fully saturated rings. The number of hydrogen-bond donors (Lipinski definition) is 0. The summed E-state index contributed by atoms with van der Waals surface area (Å²) >= 11 is 0. The summed E-state index contributed by atoms with van der Waals surface area (Å²) in [6, 6.07) is 22.9. The molecular weight excluding hydrogens is 375 g/mol. The number of hydrogen-bond acceptors (Lipinski definition) is 0. The van der Waals surface area contributed by atoms with E-state index < -0.39 is 8.07 Å². The molecule has 6 rings (SSSR count). The van der Waals surface area contributed by atoms with Crippen molar-refractivity contribution in [2.24, 2.45) is 5.92 Å². The van der Waals surface area contributed by atoms with Crippen molar-refractivity contribution in [3.8, 4) is 0 Å². The second-order valence-electron chi connectivity index (χ2n) is 10.3. The topological polar surface area (TPSA) is 0 Å². The summed E-state index contributed by atoms with van der Waals surface area (Å²) < 4.78 is 0. The predicted octanol–water partition coefficient (Wildman–Crippen LogP) is 8.10. The van der Waals surface area contributed by atoms with Gasteiger partial charge in [0, 0.05) is 0 Å². The van der Waals surface area contributed by atoms with E-state index in [9.17, 15) is 0 Å². The summed E-state index contributed by atoms with van der Waals surface area (Å²) in [7, 11) is -1.81. The van der Waals surface area contributed by atoms with E-state index >= 15 is 0 Å². The van der Waals surface area contributed by atoms with Crippen LogP contribution in [0, 0.1) is 5.92 Å². The van der Waals surface area contributed by atoms with E-state index in [-0.39, 0.29) is 0 Å². The van der Waals surface area contributed by atoms with Crippen LogP contribution in [-0.2, 0) is 0 Å². The minimum Gasteiger partial charge on any atom is -0.0762 e. The Bertz CT molecular complexity index is 960. The maximum atomic E-state index is 2.64. The van der Waals surface area contributed by atoms with Gasteiger partial charge in [0.25, 0.3) is 0 Å². The molecule has 0 N–H and O–H groups in total. The third-order valence-electron chi connectivity index (χ3n) is 8.25. The molecule has 2 aromatic rings. The molecule has 0 unspecified atom stereocenters. The van der Waals surface area contributed by atoms with Crippen molar-refractivity contribution < 1.29 is 0 Å². The summed E-state index contributed by atoms with van der Waals surface area (Å²) in [5, 5.41) is 3.53. The van der Waals surface area contributed by atoms with Crippen LogP contribution in [0.15, 0.2) is 71.7 Å². The number of allylic oxidation sites excluding steroid dienone is 2. The van der Waals surface area contributed by atoms with Crippen LogP contribution >= 0.6 is 0 Å². The Balaban J connectivity index is 1.84. The van der Waals surface area contributed by atoms with E-state index in [0.717, 1.165) is 18.4 Å². The zero-order chi connectivity index (χ0) is 20.7. The van der Waals surface area contributed by atoms with Crippen LogP contribution in [0.5, 0.6) is 0 Å². The Morgan fingerprint density at radius 2 is 1.30 bits per heavy atom. The molecule has 0 nitrogen and oxygen atoms in total. The maximum absolute atomic E-state index is 2.64. The highest BCUT2D eigenvalue weighted by atomic mass is 28.3. The predicted molar refractivity (Wildman–Crippen MR) is 135 cm³/mol. The van der Waals surface area contributed by atoms with E-state index in [1.807, 2.05) is 11.0 Å². The molecule has 30 heavy (non-hydrogen) atoms. The standard InChI is InChI=1S/C28H35BSi/c1-4-29-24-19-11-17-21(18-12-20-24)25-26(29)28(23-15-9-6-10-16-23)30(2,3)27(25)22-13-7-5-8-14-22/h5-10,13-16,21,24H,4,11-12,17-20H2,1-3H3. The second-order valence-corrected chi connectivity index (χ2v) is 14.5. The van der Waals surface area contributed by atoms with Crippen molar-refractivity contribution in [3.63, 3.8) is 0 Å². The number of fused-ring (bicyclic) bond motifs is 4. The van der Waals surface area contributed by atoms with E-state index in [1.165, 1.54) is 56.0 Å². The molecule has 1 saturated carbocycles. The molecule has 154 valence electrons. The Morgan fingerprint density at radius 3 is 1.83 bits per heavy atom. The molecule has 2 bridgehead atoms. The lowest BCUT2D eigenvalue weighted by Crippen LogP contribution is -2.31. The first-order valence-electron chi connectivity index (χ1n) is 12.2. The molecule has 3 aliphatic heterocycles. The largest absolute Gasteiger partial charge is 0.179 e. The molecule has 0 radical (unpaired) electrons. The summed E-state index contributed by atoms with van der Waals surface area (Å²) in [4.78, 5) is 0. The van der Waals surface area contributed by atoms with Gasteiger partial charge in [-0.25, -0.2) is 0 Å². The van der Waals surface area contributed by atoms with Crippen molar-refractivity contribution in [2.75, 3.05) is 0 Å². The first-order chi connectivity index (χ1) is 14.6. The summed E-state index contributed by atoms with van der Waals surface area (Å²) in [6.07, 6.45) is 9.82. The van der Waals surface area contributed by atoms with Crippen molar-refractivity contribution in [1.82, 2.24) is 0 Å². The van der Waals surface area contributed by atoms with Crippen molar-refractivity contribution in [3.05, 3.63) is 82.8 Å². The van der Waals surface area contributed by atoms with Gasteiger partial charge in [-0.3, -0.25) is 0 Å². The molecule has 1 aliphatic carbocycles. The van der Waals surface area contributed by atoms with Crippen LogP contribution in [0.3, 0.4) is 0 Å². The number of benzene rings is 2. The quantitative estimate of drug-likeness (QED) is 0.448. The minimum atomic E-state index is -1.81. The Morgan fingerprint density at radius 1 is 0.767 bits per heavy atom. The van der Waals surface area contributed by atoms with Crippen molar-refractivity contribution >= 4 is 25.2 Å². The van der Waals surface area contributed by atoms with Crippen molar-refractivity contribution in [2.45, 2.75) is 70.7 Å². The fraction of sp³-hybridized carbons (Fsp3) is 0.429. The molecule has 2 heteroatoms. The van der Waals surface area contributed by atoms with Crippen LogP contribution in [0.1, 0.15) is 56.6 Å². The Kier molecular flexibility index (Phi) is 5.39. The third-order valence-corrected chi connectivity index (χ3v) is 11.9. The molecule has 4 aliphatic rings. The van der Waals surface area contributed by atoms with Gasteiger partial charge in [-0.15, -0.1) is 0 Å². The van der Waals surface area contributed by atoms with Gasteiger partial charge in [0.15, 0.2) is 6.71 Å². The molecule has 0 aromatic heterocycles. The van der Waals surface area contributed by atoms with Crippen LogP contribution in [0.2, 0.25) is 25.2 Å². The normalized spacial score (nSPS) is 25.8. The van der Waals surface area contributed by atoms with Crippen LogP contribution in [-0.4, -0.2) is 14.8 Å². The van der Waals surface area contributed by atoms with Crippen LogP contribution < -0.4 is 0 Å². The molecule has 0 atom stereocenters. The third kappa shape index (κ3) is 3.19. The lowest BCUT2D eigenvalue weighted by molar-refractivity contribution is 0.414. The van der Waals surface area contributed by atoms with Gasteiger partial charge in [0.2, 0.25) is 0 Å². The molecular formula is C28H35BSi. The fourth-order valence-corrected chi connectivity index (χ4v) is 11.2. The average Bonchev–Trinajstić information content (AvgIpc) is 2.96. The van der Waals surface area contributed by atoms with Gasteiger partial charge in [0.05, 0.1) is 0 Å². The molecule has 3 heterocycles. The Hall–Kier alpha value is -1.80. The minimum absolute atomic E-state index is 0.742. The zero-order valence-electron chi connectivity index (χ0n) is 19.0. The van der Waals surface area contributed by atoms with Gasteiger partial charge < -0.3 is 0 Å². The van der Waals surface area contributed by atoms with Gasteiger partial charge in [-0.2, -0.15) is 0 Å². The first kappa shape index (κ1) is 20.1. The Labute approximate surface area is 184 Å². The van der Waals surface area contributed by atoms with Gasteiger partial charge in [-0.05, 0) is 35.1 Å². The van der Waals surface area contributed by atoms with Gasteiger partial charge in [0.1, 0.15) is 8.07 Å². The van der Waals surface area contributed by atoms with E-state index in [2.05, 4.69) is 80.7 Å². The zero-order valence-corrected chi connectivity index (χ0v) is 20.0. The summed E-state index contributed by atoms with van der Waals surface area (Å²) in [5.41, 5.74) is 6.64. The average molecular weight is 410 g/mol. The molecule has 2 saturated heterocycles. The molecule has 0 spiro atoms. The highest BCUT2D eigenvalue weighted by molar-refractivity contribution is 7.11. The van der Waals surface area contributed by atoms with E-state index in [0.29, 0.717) is 0 Å². The fourth-order valence-electron chi connectivity index (χ4n) is 7.12. The van der Waals surface area contributed by atoms with Gasteiger partial charge in [-0.1, -0.05) is 135 Å². The monoisotopic (exact) mass is 410 g/mol. The summed E-state index contributed by atoms with van der Waals surface area (Å²) in [5.74, 6) is 1.64. The summed E-state index contributed by atoms with van der Waals surface area (Å²) in [6.45, 7) is 8.47. The highest BCUT2D eigenvalue weighted by Gasteiger charge is 2.49. The van der Waals surface area contributed by atoms with Gasteiger partial charge >= 0.3 is 0 Å². The van der Waals surface area contributed by atoms with Crippen LogP contribution in [0.25, 0.3) is 10.4 Å². The lowest BCUT2D eigenvalue weighted by Gasteiger charge is -2.37. The van der Waals surface area contributed by atoms with Crippen LogP contribution in [0.4, 0.5) is 0 Å². The SMILES string of the molecule is CCB1C2=C(c3ccccc3)[Si](C)(C)C(c3ccccc3)=C2C2CCCC1CCC2. The van der Waals surface area contributed by atoms with Crippen molar-refractivity contribution in [1.29, 1.82) is 0 Å². The maximum Gasteiger partial charge on any atom is 0.179 e. The number of rotatable bonds is 3. The smallest absolute Gasteiger partial charge is 0.0762 e. The van der Waals surface area contributed by atoms with E-state index in [4.69, 9.17) is 0 Å². The second kappa shape index (κ2) is 8.04. The lowest BCUT2D eigenvalue weighted by atomic mass is 9.30. The first-order valence-corrected chi connectivity index (χ1v) is 15.2. The molecule has 2 aromatic carbocycles.